The molecule has 0 unspecified atom stereocenters. The topological polar surface area (TPSA) is 88.3 Å². The Kier molecular flexibility index (Phi) is 7.45. The summed E-state index contributed by atoms with van der Waals surface area (Å²) in [5.74, 6) is -1.21. The average Bonchev–Trinajstić information content (AvgIpc) is 3.12. The van der Waals surface area contributed by atoms with Crippen LogP contribution in [-0.2, 0) is 24.4 Å². The minimum Gasteiger partial charge on any atom is -0.481 e. The zero-order chi connectivity index (χ0) is 27.2. The van der Waals surface area contributed by atoms with Crippen molar-refractivity contribution >= 4 is 46.1 Å². The Hall–Kier alpha value is -2.85. The third-order valence-electron chi connectivity index (χ3n) is 7.05. The number of aromatic nitrogens is 3. The van der Waals surface area contributed by atoms with Crippen LogP contribution in [0.5, 0.6) is 0 Å². The Labute approximate surface area is 221 Å². The maximum Gasteiger partial charge on any atom is 0.433 e. The van der Waals surface area contributed by atoms with Gasteiger partial charge in [-0.15, -0.1) is 0 Å². The molecule has 7 nitrogen and oxygen atoms in total. The highest BCUT2D eigenvalue weighted by Crippen LogP contribution is 2.35. The van der Waals surface area contributed by atoms with E-state index < -0.39 is 17.8 Å². The molecule has 2 atom stereocenters. The van der Waals surface area contributed by atoms with Gasteiger partial charge in [-0.2, -0.15) is 13.2 Å². The van der Waals surface area contributed by atoms with E-state index in [0.717, 1.165) is 6.07 Å². The zero-order valence-corrected chi connectivity index (χ0v) is 21.9. The quantitative estimate of drug-likeness (QED) is 0.403. The number of carbonyl (C=O) groups is 2. The molecule has 0 aliphatic carbocycles. The summed E-state index contributed by atoms with van der Waals surface area (Å²) in [6, 6.07) is 2.74. The van der Waals surface area contributed by atoms with E-state index in [2.05, 4.69) is 9.97 Å². The lowest BCUT2D eigenvalue weighted by atomic mass is 9.84. The summed E-state index contributed by atoms with van der Waals surface area (Å²) >= 11 is 13.0. The van der Waals surface area contributed by atoms with Crippen molar-refractivity contribution in [2.45, 2.75) is 39.3 Å². The van der Waals surface area contributed by atoms with Crippen molar-refractivity contribution in [2.75, 3.05) is 13.1 Å². The van der Waals surface area contributed by atoms with Crippen LogP contribution in [0.4, 0.5) is 13.2 Å². The first kappa shape index (κ1) is 27.2. The molecule has 1 amide bonds. The van der Waals surface area contributed by atoms with E-state index in [9.17, 15) is 22.8 Å². The van der Waals surface area contributed by atoms with Crippen molar-refractivity contribution in [1.29, 1.82) is 0 Å². The Bertz CT molecular complexity index is 1390. The number of piperidine rings is 1. The lowest BCUT2D eigenvalue weighted by molar-refractivity contribution is -0.141. The first-order chi connectivity index (χ1) is 17.3. The smallest absolute Gasteiger partial charge is 0.433 e. The Morgan fingerprint density at radius 3 is 2.57 bits per heavy atom. The van der Waals surface area contributed by atoms with Crippen LogP contribution in [0, 0.1) is 18.8 Å². The summed E-state index contributed by atoms with van der Waals surface area (Å²) in [5, 5.41) is 9.88. The molecule has 12 heteroatoms. The maximum atomic E-state index is 13.3. The van der Waals surface area contributed by atoms with E-state index in [1.54, 1.807) is 29.5 Å². The van der Waals surface area contributed by atoms with Crippen LogP contribution >= 0.6 is 23.2 Å². The number of alkyl halides is 3. The summed E-state index contributed by atoms with van der Waals surface area (Å²) in [4.78, 5) is 34.0. The van der Waals surface area contributed by atoms with Gasteiger partial charge in [0.05, 0.1) is 10.6 Å². The van der Waals surface area contributed by atoms with E-state index in [0.29, 0.717) is 41.7 Å². The van der Waals surface area contributed by atoms with Gasteiger partial charge in [0, 0.05) is 55.8 Å². The van der Waals surface area contributed by atoms with Gasteiger partial charge in [0.1, 0.15) is 16.5 Å². The monoisotopic (exact) mass is 556 g/mol. The molecule has 4 rings (SSSR count). The standard InChI is InChI=1S/C25H25Cl2F3N4O3/c1-12-6-19(25(28,29)30)32-23-16(12)8-15(33(23)3)9-17-21(26)18(10-31-22(17)27)24(37)34-5-4-14(7-20(35)36)13(2)11-34/h6,8,10,13-14H,4-5,7,9,11H2,1-3H3,(H,35,36)/t13-,14-/m1/s1. The largest absolute Gasteiger partial charge is 0.481 e. The van der Waals surface area contributed by atoms with Crippen LogP contribution < -0.4 is 0 Å². The van der Waals surface area contributed by atoms with E-state index in [1.165, 1.54) is 6.20 Å². The van der Waals surface area contributed by atoms with Crippen LogP contribution in [0.3, 0.4) is 0 Å². The van der Waals surface area contributed by atoms with E-state index in [4.69, 9.17) is 28.3 Å². The Morgan fingerprint density at radius 1 is 1.24 bits per heavy atom. The van der Waals surface area contributed by atoms with E-state index in [1.807, 2.05) is 6.92 Å². The second kappa shape index (κ2) is 10.1. The molecule has 3 aromatic heterocycles. The van der Waals surface area contributed by atoms with Crippen molar-refractivity contribution in [1.82, 2.24) is 19.4 Å². The second-order valence-corrected chi connectivity index (χ2v) is 10.3. The molecule has 1 fully saturated rings. The molecule has 1 aliphatic rings. The second-order valence-electron chi connectivity index (χ2n) is 9.56. The molecule has 0 bridgehead atoms. The van der Waals surface area contributed by atoms with Crippen LogP contribution in [0.1, 0.15) is 52.6 Å². The predicted octanol–water partition coefficient (Wildman–Crippen LogP) is 5.77. The van der Waals surface area contributed by atoms with E-state index in [-0.39, 0.29) is 52.0 Å². The summed E-state index contributed by atoms with van der Waals surface area (Å²) < 4.78 is 41.4. The van der Waals surface area contributed by atoms with Gasteiger partial charge in [0.2, 0.25) is 0 Å². The van der Waals surface area contributed by atoms with Gasteiger partial charge in [-0.05, 0) is 42.9 Å². The summed E-state index contributed by atoms with van der Waals surface area (Å²) in [6.45, 7) is 4.29. The number of halogens is 5. The molecule has 0 spiro atoms. The fourth-order valence-corrected chi connectivity index (χ4v) is 5.42. The molecule has 1 aliphatic heterocycles. The van der Waals surface area contributed by atoms with Crippen LogP contribution in [-0.4, -0.2) is 49.5 Å². The fraction of sp³-hybridized carbons (Fsp3) is 0.440. The van der Waals surface area contributed by atoms with Crippen LogP contribution in [0.2, 0.25) is 10.2 Å². The molecule has 0 saturated carbocycles. The number of amides is 1. The normalized spacial score (nSPS) is 18.4. The SMILES string of the molecule is Cc1cc(C(F)(F)F)nc2c1cc(Cc1c(Cl)ncc(C(=O)N3CC[C@H](CC(=O)O)[C@H](C)C3)c1Cl)n2C. The van der Waals surface area contributed by atoms with Gasteiger partial charge < -0.3 is 14.6 Å². The number of nitrogens with zero attached hydrogens (tertiary/aromatic N) is 4. The Balaban J connectivity index is 1.63. The number of aliphatic carboxylic acids is 1. The summed E-state index contributed by atoms with van der Waals surface area (Å²) in [6.07, 6.45) is -2.52. The van der Waals surface area contributed by atoms with Crippen molar-refractivity contribution in [3.05, 3.63) is 56.6 Å². The number of likely N-dealkylation sites (tertiary alicyclic amines) is 1. The highest BCUT2D eigenvalue weighted by atomic mass is 35.5. The third kappa shape index (κ3) is 5.40. The molecule has 37 heavy (non-hydrogen) atoms. The highest BCUT2D eigenvalue weighted by Gasteiger charge is 2.34. The predicted molar refractivity (Wildman–Crippen MR) is 133 cm³/mol. The van der Waals surface area contributed by atoms with Gasteiger partial charge in [0.15, 0.2) is 0 Å². The average molecular weight is 557 g/mol. The minimum absolute atomic E-state index is 0.000400. The molecule has 1 saturated heterocycles. The number of rotatable bonds is 5. The molecule has 0 aromatic carbocycles. The van der Waals surface area contributed by atoms with Crippen molar-refractivity contribution in [3.8, 4) is 0 Å². The summed E-state index contributed by atoms with van der Waals surface area (Å²) in [5.41, 5.74) is 0.770. The van der Waals surface area contributed by atoms with E-state index >= 15 is 0 Å². The number of hydrogen-bond donors (Lipinski definition) is 1. The van der Waals surface area contributed by atoms with Gasteiger partial charge >= 0.3 is 12.1 Å². The van der Waals surface area contributed by atoms with Gasteiger partial charge in [0.25, 0.3) is 5.91 Å². The maximum absolute atomic E-state index is 13.3. The summed E-state index contributed by atoms with van der Waals surface area (Å²) in [7, 11) is 1.61. The number of carboxylic acids is 1. The number of carbonyl (C=O) groups excluding carboxylic acids is 1. The lowest BCUT2D eigenvalue weighted by Gasteiger charge is -2.36. The number of fused-ring (bicyclic) bond motifs is 1. The molecular formula is C25H25Cl2F3N4O3. The lowest BCUT2D eigenvalue weighted by Crippen LogP contribution is -2.43. The molecular weight excluding hydrogens is 532 g/mol. The molecule has 1 N–H and O–H groups in total. The number of aryl methyl sites for hydroxylation is 2. The fourth-order valence-electron chi connectivity index (χ4n) is 4.88. The highest BCUT2D eigenvalue weighted by molar-refractivity contribution is 6.37. The molecule has 198 valence electrons. The zero-order valence-electron chi connectivity index (χ0n) is 20.4. The van der Waals surface area contributed by atoms with Gasteiger partial charge in [-0.3, -0.25) is 9.59 Å². The third-order valence-corrected chi connectivity index (χ3v) is 7.81. The van der Waals surface area contributed by atoms with Crippen molar-refractivity contribution in [3.63, 3.8) is 0 Å². The van der Waals surface area contributed by atoms with Gasteiger partial charge in [-0.1, -0.05) is 30.1 Å². The van der Waals surface area contributed by atoms with Crippen LogP contribution in [0.25, 0.3) is 11.0 Å². The molecule has 4 heterocycles. The number of pyridine rings is 2. The minimum atomic E-state index is -4.58. The number of carboxylic acid groups (broad SMARTS) is 1. The first-order valence-electron chi connectivity index (χ1n) is 11.6. The Morgan fingerprint density at radius 2 is 1.95 bits per heavy atom. The van der Waals surface area contributed by atoms with Crippen molar-refractivity contribution in [2.24, 2.45) is 18.9 Å². The first-order valence-corrected chi connectivity index (χ1v) is 12.4. The molecule has 0 radical (unpaired) electrons. The number of hydrogen-bond acceptors (Lipinski definition) is 4. The van der Waals surface area contributed by atoms with Gasteiger partial charge in [-0.25, -0.2) is 9.97 Å². The van der Waals surface area contributed by atoms with Crippen LogP contribution in [0.15, 0.2) is 18.3 Å². The van der Waals surface area contributed by atoms with Crippen molar-refractivity contribution < 1.29 is 27.9 Å². The molecule has 3 aromatic rings.